The number of aryl methyl sites for hydroxylation is 2. The normalized spacial score (nSPS) is 16.5. The highest BCUT2D eigenvalue weighted by atomic mass is 16.5. The SMILES string of the molecule is CCNC(=NCc1nc(C)c(C)o1)NCC1(c2ccc(OC)cc2)CCOCC1. The van der Waals surface area contributed by atoms with Crippen molar-refractivity contribution in [2.45, 2.75) is 45.6 Å². The molecule has 0 amide bonds. The molecule has 3 rings (SSSR count). The Morgan fingerprint density at radius 2 is 1.90 bits per heavy atom. The summed E-state index contributed by atoms with van der Waals surface area (Å²) in [5.41, 5.74) is 2.20. The Hall–Kier alpha value is -2.54. The van der Waals surface area contributed by atoms with Gasteiger partial charge in [0.25, 0.3) is 0 Å². The molecule has 0 radical (unpaired) electrons. The van der Waals surface area contributed by atoms with Crippen molar-refractivity contribution in [3.63, 3.8) is 0 Å². The molecule has 2 aromatic rings. The van der Waals surface area contributed by atoms with Crippen LogP contribution in [0.1, 0.15) is 42.7 Å². The fraction of sp³-hybridized carbons (Fsp3) is 0.545. The van der Waals surface area contributed by atoms with Crippen molar-refractivity contribution in [2.75, 3.05) is 33.4 Å². The predicted molar refractivity (Wildman–Crippen MR) is 114 cm³/mol. The van der Waals surface area contributed by atoms with Gasteiger partial charge in [0.05, 0.1) is 12.8 Å². The Bertz CT molecular complexity index is 788. The Morgan fingerprint density at radius 1 is 1.17 bits per heavy atom. The quantitative estimate of drug-likeness (QED) is 0.549. The van der Waals surface area contributed by atoms with Gasteiger partial charge in [-0.15, -0.1) is 0 Å². The van der Waals surface area contributed by atoms with Crippen molar-refractivity contribution in [1.82, 2.24) is 15.6 Å². The summed E-state index contributed by atoms with van der Waals surface area (Å²) in [6.07, 6.45) is 1.92. The summed E-state index contributed by atoms with van der Waals surface area (Å²) in [6.45, 7) is 9.41. The third-order valence-electron chi connectivity index (χ3n) is 5.54. The lowest BCUT2D eigenvalue weighted by molar-refractivity contribution is 0.0513. The Kier molecular flexibility index (Phi) is 7.14. The molecule has 7 nitrogen and oxygen atoms in total. The second-order valence-electron chi connectivity index (χ2n) is 7.42. The van der Waals surface area contributed by atoms with E-state index in [1.807, 2.05) is 26.0 Å². The average Bonchev–Trinajstić information content (AvgIpc) is 3.08. The Labute approximate surface area is 172 Å². The van der Waals surface area contributed by atoms with Crippen LogP contribution in [0.4, 0.5) is 0 Å². The number of nitrogens with zero attached hydrogens (tertiary/aromatic N) is 2. The monoisotopic (exact) mass is 400 g/mol. The van der Waals surface area contributed by atoms with Crippen LogP contribution in [0.25, 0.3) is 0 Å². The van der Waals surface area contributed by atoms with Crippen molar-refractivity contribution >= 4 is 5.96 Å². The molecule has 1 aliphatic heterocycles. The van der Waals surface area contributed by atoms with Gasteiger partial charge in [-0.05, 0) is 51.3 Å². The first kappa shape index (κ1) is 21.2. The molecule has 158 valence electrons. The Balaban J connectivity index is 1.73. The molecule has 1 aromatic heterocycles. The highest BCUT2D eigenvalue weighted by Gasteiger charge is 2.34. The Morgan fingerprint density at radius 3 is 2.48 bits per heavy atom. The largest absolute Gasteiger partial charge is 0.497 e. The molecule has 0 unspecified atom stereocenters. The minimum Gasteiger partial charge on any atom is -0.497 e. The number of aliphatic imine (C=N–C) groups is 1. The highest BCUT2D eigenvalue weighted by Crippen LogP contribution is 2.35. The molecule has 29 heavy (non-hydrogen) atoms. The molecule has 0 atom stereocenters. The summed E-state index contributed by atoms with van der Waals surface area (Å²) in [4.78, 5) is 9.07. The van der Waals surface area contributed by atoms with E-state index in [9.17, 15) is 0 Å². The zero-order valence-electron chi connectivity index (χ0n) is 17.9. The molecule has 1 aliphatic rings. The molecule has 0 saturated carbocycles. The van der Waals surface area contributed by atoms with Crippen molar-refractivity contribution in [2.24, 2.45) is 4.99 Å². The number of methoxy groups -OCH3 is 1. The van der Waals surface area contributed by atoms with Crippen LogP contribution in [0, 0.1) is 13.8 Å². The summed E-state index contributed by atoms with van der Waals surface area (Å²) < 4.78 is 16.6. The number of aromatic nitrogens is 1. The standard InChI is InChI=1S/C22H32N4O3/c1-5-23-21(24-14-20-26-16(2)17(3)29-20)25-15-22(10-12-28-13-11-22)18-6-8-19(27-4)9-7-18/h6-9H,5,10-15H2,1-4H3,(H2,23,24,25). The number of hydrogen-bond acceptors (Lipinski definition) is 5. The average molecular weight is 401 g/mol. The highest BCUT2D eigenvalue weighted by molar-refractivity contribution is 5.79. The van der Waals surface area contributed by atoms with Crippen LogP contribution < -0.4 is 15.4 Å². The van der Waals surface area contributed by atoms with Gasteiger partial charge in [0, 0.05) is 31.7 Å². The lowest BCUT2D eigenvalue weighted by Crippen LogP contribution is -2.48. The van der Waals surface area contributed by atoms with Gasteiger partial charge in [0.15, 0.2) is 5.96 Å². The molecular formula is C22H32N4O3. The van der Waals surface area contributed by atoms with Crippen LogP contribution in [0.3, 0.4) is 0 Å². The third-order valence-corrected chi connectivity index (χ3v) is 5.54. The lowest BCUT2D eigenvalue weighted by atomic mass is 9.74. The fourth-order valence-corrected chi connectivity index (χ4v) is 3.62. The van der Waals surface area contributed by atoms with E-state index in [0.29, 0.717) is 12.4 Å². The number of ether oxygens (including phenoxy) is 2. The molecule has 1 fully saturated rings. The molecule has 1 aromatic carbocycles. The van der Waals surface area contributed by atoms with E-state index >= 15 is 0 Å². The second kappa shape index (κ2) is 9.78. The number of guanidine groups is 1. The minimum atomic E-state index is -0.00315. The van der Waals surface area contributed by atoms with Gasteiger partial charge in [-0.2, -0.15) is 0 Å². The van der Waals surface area contributed by atoms with Crippen molar-refractivity contribution < 1.29 is 13.9 Å². The van der Waals surface area contributed by atoms with Crippen molar-refractivity contribution in [3.05, 3.63) is 47.2 Å². The summed E-state index contributed by atoms with van der Waals surface area (Å²) in [5.74, 6) is 3.11. The van der Waals surface area contributed by atoms with E-state index in [0.717, 1.165) is 62.3 Å². The lowest BCUT2D eigenvalue weighted by Gasteiger charge is -2.38. The van der Waals surface area contributed by atoms with E-state index in [1.54, 1.807) is 7.11 Å². The molecule has 2 heterocycles. The molecule has 0 aliphatic carbocycles. The number of rotatable bonds is 7. The van der Waals surface area contributed by atoms with E-state index in [-0.39, 0.29) is 5.41 Å². The van der Waals surface area contributed by atoms with Crippen molar-refractivity contribution in [3.8, 4) is 5.75 Å². The maximum atomic E-state index is 5.65. The van der Waals surface area contributed by atoms with Crippen LogP contribution in [0.5, 0.6) is 5.75 Å². The predicted octanol–water partition coefficient (Wildman–Crippen LogP) is 3.10. The zero-order valence-corrected chi connectivity index (χ0v) is 17.9. The van der Waals surface area contributed by atoms with E-state index in [2.05, 4.69) is 39.7 Å². The summed E-state index contributed by atoms with van der Waals surface area (Å²) in [6, 6.07) is 8.38. The summed E-state index contributed by atoms with van der Waals surface area (Å²) >= 11 is 0. The minimum absolute atomic E-state index is 0.00315. The molecule has 7 heteroatoms. The van der Waals surface area contributed by atoms with E-state index < -0.39 is 0 Å². The number of nitrogens with one attached hydrogen (secondary N) is 2. The summed E-state index contributed by atoms with van der Waals surface area (Å²) in [7, 11) is 1.69. The van der Waals surface area contributed by atoms with E-state index in [4.69, 9.17) is 13.9 Å². The number of oxazole rings is 1. The molecule has 0 spiro atoms. The van der Waals surface area contributed by atoms with Crippen molar-refractivity contribution in [1.29, 1.82) is 0 Å². The maximum absolute atomic E-state index is 5.65. The van der Waals surface area contributed by atoms with Gasteiger partial charge >= 0.3 is 0 Å². The first-order valence-corrected chi connectivity index (χ1v) is 10.2. The van der Waals surface area contributed by atoms with Gasteiger partial charge in [-0.25, -0.2) is 9.98 Å². The molecular weight excluding hydrogens is 368 g/mol. The van der Waals surface area contributed by atoms with Gasteiger partial charge < -0.3 is 24.5 Å². The maximum Gasteiger partial charge on any atom is 0.216 e. The van der Waals surface area contributed by atoms with Gasteiger partial charge in [-0.3, -0.25) is 0 Å². The number of hydrogen-bond donors (Lipinski definition) is 2. The molecule has 1 saturated heterocycles. The van der Waals surface area contributed by atoms with Gasteiger partial charge in [-0.1, -0.05) is 12.1 Å². The first-order chi connectivity index (χ1) is 14.1. The van der Waals surface area contributed by atoms with Gasteiger partial charge in [0.1, 0.15) is 18.1 Å². The van der Waals surface area contributed by atoms with Crippen LogP contribution in [-0.4, -0.2) is 44.4 Å². The zero-order chi connectivity index (χ0) is 20.7. The van der Waals surface area contributed by atoms with E-state index in [1.165, 1.54) is 5.56 Å². The molecule has 2 N–H and O–H groups in total. The smallest absolute Gasteiger partial charge is 0.216 e. The van der Waals surface area contributed by atoms with Gasteiger partial charge in [0.2, 0.25) is 5.89 Å². The number of benzene rings is 1. The van der Waals surface area contributed by atoms with Crippen LogP contribution >= 0.6 is 0 Å². The van der Waals surface area contributed by atoms with Crippen LogP contribution in [0.15, 0.2) is 33.7 Å². The van der Waals surface area contributed by atoms with Crippen LogP contribution in [-0.2, 0) is 16.7 Å². The summed E-state index contributed by atoms with van der Waals surface area (Å²) in [5, 5.41) is 6.85. The third kappa shape index (κ3) is 5.29. The van der Waals surface area contributed by atoms with Crippen LogP contribution in [0.2, 0.25) is 0 Å². The first-order valence-electron chi connectivity index (χ1n) is 10.2. The second-order valence-corrected chi connectivity index (χ2v) is 7.42. The fourth-order valence-electron chi connectivity index (χ4n) is 3.62. The topological polar surface area (TPSA) is 80.9 Å². The molecule has 0 bridgehead atoms.